The highest BCUT2D eigenvalue weighted by Crippen LogP contribution is 2.46. The molecule has 0 atom stereocenters. The zero-order valence-corrected chi connectivity index (χ0v) is 24.5. The van der Waals surface area contributed by atoms with Gasteiger partial charge in [0.1, 0.15) is 11.2 Å². The van der Waals surface area contributed by atoms with E-state index in [-0.39, 0.29) is 0 Å². The van der Waals surface area contributed by atoms with E-state index in [0.717, 1.165) is 42.6 Å². The van der Waals surface area contributed by atoms with E-state index < -0.39 is 23.4 Å². The van der Waals surface area contributed by atoms with Gasteiger partial charge in [0.25, 0.3) is 0 Å². The van der Waals surface area contributed by atoms with Gasteiger partial charge in [0.2, 0.25) is 0 Å². The van der Waals surface area contributed by atoms with Crippen molar-refractivity contribution in [2.45, 2.75) is 52.7 Å². The molecule has 0 N–H and O–H groups in total. The van der Waals surface area contributed by atoms with E-state index in [4.69, 9.17) is 9.47 Å². The lowest BCUT2D eigenvalue weighted by Gasteiger charge is -2.29. The molecule has 0 aromatic heterocycles. The van der Waals surface area contributed by atoms with Crippen molar-refractivity contribution in [3.63, 3.8) is 0 Å². The van der Waals surface area contributed by atoms with Crippen LogP contribution >= 0.6 is 31.9 Å². The predicted octanol–water partition coefficient (Wildman–Crippen LogP) is 7.84. The summed E-state index contributed by atoms with van der Waals surface area (Å²) in [6, 6.07) is 15.6. The molecule has 0 aliphatic carbocycles. The molecule has 0 saturated heterocycles. The Kier molecular flexibility index (Phi) is 7.14. The first-order chi connectivity index (χ1) is 16.7. The van der Waals surface area contributed by atoms with Crippen LogP contribution in [0.4, 0.5) is 9.59 Å². The van der Waals surface area contributed by atoms with Crippen molar-refractivity contribution >= 4 is 55.4 Å². The van der Waals surface area contributed by atoms with Crippen LogP contribution in [-0.2, 0) is 9.47 Å². The number of amides is 2. The van der Waals surface area contributed by atoms with E-state index >= 15 is 0 Å². The largest absolute Gasteiger partial charge is 0.443 e. The first-order valence-corrected chi connectivity index (χ1v) is 13.3. The molecule has 4 rings (SSSR count). The van der Waals surface area contributed by atoms with Crippen LogP contribution in [0.2, 0.25) is 0 Å². The first kappa shape index (κ1) is 26.5. The van der Waals surface area contributed by atoms with Gasteiger partial charge in [-0.15, -0.1) is 0 Å². The summed E-state index contributed by atoms with van der Waals surface area (Å²) in [5, 5.41) is 0. The van der Waals surface area contributed by atoms with Crippen LogP contribution < -0.4 is 0 Å². The minimum Gasteiger partial charge on any atom is -0.443 e. The molecule has 2 aliphatic rings. The van der Waals surface area contributed by atoms with Crippen LogP contribution in [0.25, 0.3) is 11.4 Å². The molecule has 36 heavy (non-hydrogen) atoms. The summed E-state index contributed by atoms with van der Waals surface area (Å²) >= 11 is 6.99. The Balaban J connectivity index is 1.89. The van der Waals surface area contributed by atoms with Crippen LogP contribution in [0, 0.1) is 0 Å². The Morgan fingerprint density at radius 2 is 0.944 bits per heavy atom. The van der Waals surface area contributed by atoms with Crippen LogP contribution in [0.1, 0.15) is 52.7 Å². The van der Waals surface area contributed by atoms with Crippen LogP contribution in [0.15, 0.2) is 68.6 Å². The summed E-state index contributed by atoms with van der Waals surface area (Å²) in [6.07, 6.45) is -0.845. The summed E-state index contributed by atoms with van der Waals surface area (Å²) in [7, 11) is 0. The fourth-order valence-electron chi connectivity index (χ4n) is 4.25. The standard InChI is InChI=1S/C28H30Br2N2O4/c1-27(2,3)35-25(33)31-15-21-22(23(31)17-7-11-19(29)12-8-17)16-32(26(34)36-28(4,5)6)24(21)18-9-13-20(30)14-10-18/h7-14H,15-16H2,1-6H3. The van der Waals surface area contributed by atoms with Gasteiger partial charge >= 0.3 is 12.2 Å². The Morgan fingerprint density at radius 3 is 1.22 bits per heavy atom. The molecule has 0 unspecified atom stereocenters. The number of benzene rings is 2. The van der Waals surface area contributed by atoms with Crippen molar-refractivity contribution in [2.24, 2.45) is 0 Å². The average molecular weight is 618 g/mol. The van der Waals surface area contributed by atoms with Crippen molar-refractivity contribution in [1.29, 1.82) is 0 Å². The van der Waals surface area contributed by atoms with Gasteiger partial charge in [-0.1, -0.05) is 56.1 Å². The second-order valence-electron chi connectivity index (χ2n) is 10.8. The molecule has 2 aromatic rings. The Hall–Kier alpha value is -2.58. The fourth-order valence-corrected chi connectivity index (χ4v) is 4.78. The molecule has 0 fully saturated rings. The number of carbonyl (C=O) groups excluding carboxylic acids is 2. The van der Waals surface area contributed by atoms with Crippen LogP contribution in [-0.4, -0.2) is 46.3 Å². The minimum atomic E-state index is -0.643. The van der Waals surface area contributed by atoms with Gasteiger partial charge in [0.05, 0.1) is 24.5 Å². The second kappa shape index (κ2) is 9.71. The normalized spacial score (nSPS) is 16.0. The Labute approximate surface area is 229 Å². The van der Waals surface area contributed by atoms with Gasteiger partial charge in [-0.3, -0.25) is 9.80 Å². The molecule has 2 aliphatic heterocycles. The van der Waals surface area contributed by atoms with E-state index in [1.165, 1.54) is 0 Å². The number of hydrogen-bond donors (Lipinski definition) is 0. The van der Waals surface area contributed by atoms with Gasteiger partial charge < -0.3 is 9.47 Å². The van der Waals surface area contributed by atoms with Crippen LogP contribution in [0.3, 0.4) is 0 Å². The zero-order chi connectivity index (χ0) is 26.4. The lowest BCUT2D eigenvalue weighted by Crippen LogP contribution is -2.37. The molecule has 2 amide bonds. The maximum atomic E-state index is 13.4. The molecule has 0 bridgehead atoms. The molecule has 2 aromatic carbocycles. The Bertz CT molecular complexity index is 1150. The maximum absolute atomic E-state index is 13.4. The molecule has 0 saturated carbocycles. The zero-order valence-electron chi connectivity index (χ0n) is 21.3. The number of nitrogens with zero attached hydrogens (tertiary/aromatic N) is 2. The fraction of sp³-hybridized carbons (Fsp3) is 0.357. The molecular formula is C28H30Br2N2O4. The smallest absolute Gasteiger partial charge is 0.415 e. The summed E-state index contributed by atoms with van der Waals surface area (Å²) < 4.78 is 13.4. The highest BCUT2D eigenvalue weighted by Gasteiger charge is 2.43. The number of ether oxygens (including phenoxy) is 2. The van der Waals surface area contributed by atoms with E-state index in [0.29, 0.717) is 13.1 Å². The summed E-state index contributed by atoms with van der Waals surface area (Å²) in [4.78, 5) is 30.1. The third-order valence-corrected chi connectivity index (χ3v) is 6.63. The summed E-state index contributed by atoms with van der Waals surface area (Å²) in [5.74, 6) is 0. The minimum absolute atomic E-state index is 0.292. The van der Waals surface area contributed by atoms with Gasteiger partial charge in [-0.2, -0.15) is 0 Å². The number of rotatable bonds is 2. The van der Waals surface area contributed by atoms with Gasteiger partial charge in [-0.25, -0.2) is 9.59 Å². The highest BCUT2D eigenvalue weighted by molar-refractivity contribution is 9.10. The number of halogens is 2. The topological polar surface area (TPSA) is 59.1 Å². The van der Waals surface area contributed by atoms with Gasteiger partial charge in [0, 0.05) is 20.1 Å². The maximum Gasteiger partial charge on any atom is 0.415 e. The molecule has 0 spiro atoms. The second-order valence-corrected chi connectivity index (χ2v) is 12.6. The number of hydrogen-bond acceptors (Lipinski definition) is 4. The van der Waals surface area contributed by atoms with E-state index in [1.807, 2.05) is 90.1 Å². The molecule has 8 heteroatoms. The lowest BCUT2D eigenvalue weighted by molar-refractivity contribution is 0.0371. The van der Waals surface area contributed by atoms with E-state index in [1.54, 1.807) is 9.80 Å². The molecule has 6 nitrogen and oxygen atoms in total. The van der Waals surface area contributed by atoms with E-state index in [2.05, 4.69) is 31.9 Å². The summed E-state index contributed by atoms with van der Waals surface area (Å²) in [5.41, 5.74) is 3.76. The lowest BCUT2D eigenvalue weighted by atomic mass is 10.0. The first-order valence-electron chi connectivity index (χ1n) is 11.7. The van der Waals surface area contributed by atoms with Gasteiger partial charge in [0.15, 0.2) is 0 Å². The molecule has 190 valence electrons. The number of fused-ring (bicyclic) bond motifs is 1. The van der Waals surface area contributed by atoms with Crippen molar-refractivity contribution in [3.8, 4) is 0 Å². The third-order valence-electron chi connectivity index (χ3n) is 5.57. The molecular weight excluding hydrogens is 588 g/mol. The van der Waals surface area contributed by atoms with Crippen molar-refractivity contribution in [1.82, 2.24) is 9.80 Å². The predicted molar refractivity (Wildman–Crippen MR) is 148 cm³/mol. The monoisotopic (exact) mass is 616 g/mol. The van der Waals surface area contributed by atoms with Crippen molar-refractivity contribution < 1.29 is 19.1 Å². The average Bonchev–Trinajstić information content (AvgIpc) is 3.29. The van der Waals surface area contributed by atoms with E-state index in [9.17, 15) is 9.59 Å². The molecule has 0 radical (unpaired) electrons. The van der Waals surface area contributed by atoms with Crippen molar-refractivity contribution in [2.75, 3.05) is 13.1 Å². The number of carbonyl (C=O) groups is 2. The summed E-state index contributed by atoms with van der Waals surface area (Å²) in [6.45, 7) is 11.7. The quantitative estimate of drug-likeness (QED) is 0.344. The molecule has 2 heterocycles. The Morgan fingerprint density at radius 1 is 0.639 bits per heavy atom. The SMILES string of the molecule is CC(C)(C)OC(=O)N1CC2=C(c3ccc(Br)cc3)N(C(=O)OC(C)(C)C)CC2=C1c1ccc(Br)cc1. The van der Waals surface area contributed by atoms with Gasteiger partial charge in [-0.05, 0) is 76.9 Å². The van der Waals surface area contributed by atoms with Crippen molar-refractivity contribution in [3.05, 3.63) is 79.7 Å². The highest BCUT2D eigenvalue weighted by atomic mass is 79.9. The van der Waals surface area contributed by atoms with Crippen LogP contribution in [0.5, 0.6) is 0 Å². The third kappa shape index (κ3) is 5.70.